The number of hydrogen-bond acceptors (Lipinski definition) is 3. The molecule has 1 saturated heterocycles. The van der Waals surface area contributed by atoms with E-state index in [1.54, 1.807) is 11.8 Å². The molecule has 0 aromatic carbocycles. The molecule has 1 aliphatic rings. The zero-order chi connectivity index (χ0) is 12.1. The van der Waals surface area contributed by atoms with E-state index in [4.69, 9.17) is 0 Å². The van der Waals surface area contributed by atoms with Crippen molar-refractivity contribution >= 4 is 23.6 Å². The maximum Gasteiger partial charge on any atom is 0.245 e. The minimum absolute atomic E-state index is 0.0104. The van der Waals surface area contributed by atoms with Crippen LogP contribution in [0.1, 0.15) is 26.7 Å². The van der Waals surface area contributed by atoms with E-state index >= 15 is 0 Å². The molecule has 0 aliphatic carbocycles. The van der Waals surface area contributed by atoms with Crippen molar-refractivity contribution in [3.8, 4) is 0 Å². The fraction of sp³-hybridized carbons (Fsp3) is 0.818. The summed E-state index contributed by atoms with van der Waals surface area (Å²) >= 11 is 1.72. The van der Waals surface area contributed by atoms with Crippen LogP contribution < -0.4 is 5.32 Å². The first-order chi connectivity index (χ1) is 7.60. The van der Waals surface area contributed by atoms with Crippen LogP contribution >= 0.6 is 11.8 Å². The Kier molecular flexibility index (Phi) is 5.12. The zero-order valence-electron chi connectivity index (χ0n) is 10.2. The molecule has 1 fully saturated rings. The molecule has 0 spiro atoms. The second kappa shape index (κ2) is 6.13. The van der Waals surface area contributed by atoms with Crippen LogP contribution in [0.5, 0.6) is 0 Å². The number of nitrogens with zero attached hydrogens (tertiary/aromatic N) is 1. The van der Waals surface area contributed by atoms with Gasteiger partial charge in [-0.3, -0.25) is 9.59 Å². The first-order valence-electron chi connectivity index (χ1n) is 5.69. The lowest BCUT2D eigenvalue weighted by Gasteiger charge is -2.28. The Labute approximate surface area is 101 Å². The summed E-state index contributed by atoms with van der Waals surface area (Å²) in [5.41, 5.74) is 0. The van der Waals surface area contributed by atoms with Gasteiger partial charge in [0.25, 0.3) is 0 Å². The first-order valence-corrected chi connectivity index (χ1v) is 7.08. The van der Waals surface area contributed by atoms with E-state index in [0.717, 1.165) is 12.3 Å². The number of carbonyl (C=O) groups excluding carboxylic acids is 2. The molecule has 2 atom stereocenters. The van der Waals surface area contributed by atoms with Crippen molar-refractivity contribution in [2.75, 3.05) is 18.6 Å². The van der Waals surface area contributed by atoms with Crippen LogP contribution in [0.2, 0.25) is 0 Å². The monoisotopic (exact) mass is 244 g/mol. The van der Waals surface area contributed by atoms with E-state index in [1.807, 2.05) is 25.0 Å². The van der Waals surface area contributed by atoms with E-state index < -0.39 is 0 Å². The molecule has 92 valence electrons. The van der Waals surface area contributed by atoms with Gasteiger partial charge in [-0.25, -0.2) is 0 Å². The van der Waals surface area contributed by atoms with Crippen molar-refractivity contribution in [1.82, 2.24) is 10.2 Å². The molecular weight excluding hydrogens is 224 g/mol. The van der Waals surface area contributed by atoms with Crippen LogP contribution in [0.4, 0.5) is 0 Å². The van der Waals surface area contributed by atoms with Gasteiger partial charge in [0.05, 0.1) is 0 Å². The Hall–Kier alpha value is -0.710. The third-order valence-corrected chi connectivity index (χ3v) is 3.46. The highest BCUT2D eigenvalue weighted by Crippen LogP contribution is 2.13. The lowest BCUT2D eigenvalue weighted by atomic mass is 10.2. The van der Waals surface area contributed by atoms with Crippen molar-refractivity contribution < 1.29 is 9.59 Å². The highest BCUT2D eigenvalue weighted by atomic mass is 32.2. The molecule has 2 amide bonds. The zero-order valence-corrected chi connectivity index (χ0v) is 11.0. The predicted molar refractivity (Wildman–Crippen MR) is 66.4 cm³/mol. The molecule has 0 aromatic rings. The summed E-state index contributed by atoms with van der Waals surface area (Å²) in [5, 5.41) is 2.78. The van der Waals surface area contributed by atoms with Crippen molar-refractivity contribution in [3.05, 3.63) is 0 Å². The van der Waals surface area contributed by atoms with E-state index in [1.165, 1.54) is 0 Å². The number of nitrogens with one attached hydrogen (secondary N) is 1. The number of amides is 2. The smallest absolute Gasteiger partial charge is 0.245 e. The van der Waals surface area contributed by atoms with E-state index in [-0.39, 0.29) is 23.9 Å². The average Bonchev–Trinajstić information content (AvgIpc) is 2.34. The molecular formula is C11H20N2O2S. The van der Waals surface area contributed by atoms with Gasteiger partial charge in [-0.2, -0.15) is 11.8 Å². The maximum absolute atomic E-state index is 12.1. The number of carbonyl (C=O) groups is 2. The quantitative estimate of drug-likeness (QED) is 0.798. The van der Waals surface area contributed by atoms with Crippen LogP contribution in [-0.4, -0.2) is 47.4 Å². The summed E-state index contributed by atoms with van der Waals surface area (Å²) in [6.07, 6.45) is 3.09. The Bertz CT molecular complexity index is 271. The molecule has 4 nitrogen and oxygen atoms in total. The van der Waals surface area contributed by atoms with Crippen molar-refractivity contribution in [1.29, 1.82) is 0 Å². The molecule has 16 heavy (non-hydrogen) atoms. The van der Waals surface area contributed by atoms with Gasteiger partial charge in [-0.1, -0.05) is 6.92 Å². The van der Waals surface area contributed by atoms with Crippen LogP contribution in [-0.2, 0) is 9.59 Å². The Morgan fingerprint density at radius 1 is 1.50 bits per heavy atom. The number of thioether (sulfide) groups is 1. The molecule has 1 heterocycles. The van der Waals surface area contributed by atoms with Crippen LogP contribution in [0.15, 0.2) is 0 Å². The minimum atomic E-state index is -0.334. The van der Waals surface area contributed by atoms with E-state index in [2.05, 4.69) is 5.32 Å². The Balaban J connectivity index is 2.77. The molecule has 0 aromatic heterocycles. The van der Waals surface area contributed by atoms with Gasteiger partial charge in [0.15, 0.2) is 0 Å². The van der Waals surface area contributed by atoms with Crippen molar-refractivity contribution in [2.24, 2.45) is 0 Å². The topological polar surface area (TPSA) is 49.4 Å². The predicted octanol–water partition coefficient (Wildman–Crippen LogP) is 0.865. The largest absolute Gasteiger partial charge is 0.344 e. The summed E-state index contributed by atoms with van der Waals surface area (Å²) < 4.78 is 0. The van der Waals surface area contributed by atoms with Crippen molar-refractivity contribution in [2.45, 2.75) is 38.8 Å². The fourth-order valence-corrected chi connectivity index (χ4v) is 2.29. The van der Waals surface area contributed by atoms with Crippen LogP contribution in [0, 0.1) is 0 Å². The van der Waals surface area contributed by atoms with E-state index in [0.29, 0.717) is 12.8 Å². The van der Waals surface area contributed by atoms with Gasteiger partial charge < -0.3 is 10.2 Å². The van der Waals surface area contributed by atoms with Gasteiger partial charge in [0, 0.05) is 24.8 Å². The first kappa shape index (κ1) is 13.4. The minimum Gasteiger partial charge on any atom is -0.344 e. The normalized spacial score (nSPS) is 26.6. The standard InChI is InChI=1S/C11H20N2O2S/c1-4-9-11(15)13(5-6-16-3)8(2)7-10(14)12-9/h8-9H,4-7H2,1-3H3,(H,12,14). The van der Waals surface area contributed by atoms with Crippen molar-refractivity contribution in [3.63, 3.8) is 0 Å². The van der Waals surface area contributed by atoms with Gasteiger partial charge >= 0.3 is 0 Å². The van der Waals surface area contributed by atoms with Gasteiger partial charge in [-0.15, -0.1) is 0 Å². The molecule has 1 aliphatic heterocycles. The highest BCUT2D eigenvalue weighted by molar-refractivity contribution is 7.98. The number of rotatable bonds is 4. The molecule has 0 saturated carbocycles. The summed E-state index contributed by atoms with van der Waals surface area (Å²) in [4.78, 5) is 25.5. The van der Waals surface area contributed by atoms with Gasteiger partial charge in [0.2, 0.25) is 11.8 Å². The van der Waals surface area contributed by atoms with Crippen LogP contribution in [0.3, 0.4) is 0 Å². The average molecular weight is 244 g/mol. The highest BCUT2D eigenvalue weighted by Gasteiger charge is 2.32. The van der Waals surface area contributed by atoms with Gasteiger partial charge in [-0.05, 0) is 19.6 Å². The molecule has 0 radical (unpaired) electrons. The third kappa shape index (κ3) is 3.14. The second-order valence-corrected chi connectivity index (χ2v) is 5.09. The number of hydrogen-bond donors (Lipinski definition) is 1. The lowest BCUT2D eigenvalue weighted by Crippen LogP contribution is -2.46. The summed E-state index contributed by atoms with van der Waals surface area (Å²) in [5.74, 6) is 0.968. The van der Waals surface area contributed by atoms with E-state index in [9.17, 15) is 9.59 Å². The fourth-order valence-electron chi connectivity index (χ4n) is 1.91. The molecule has 1 rings (SSSR count). The Morgan fingerprint density at radius 2 is 2.19 bits per heavy atom. The molecule has 1 N–H and O–H groups in total. The molecule has 2 unspecified atom stereocenters. The lowest BCUT2D eigenvalue weighted by molar-refractivity contribution is -0.134. The summed E-state index contributed by atoms with van der Waals surface area (Å²) in [7, 11) is 0. The third-order valence-electron chi connectivity index (χ3n) is 2.87. The van der Waals surface area contributed by atoms with Crippen LogP contribution in [0.25, 0.3) is 0 Å². The molecule has 5 heteroatoms. The summed E-state index contributed by atoms with van der Waals surface area (Å²) in [6.45, 7) is 4.59. The maximum atomic E-state index is 12.1. The SMILES string of the molecule is CCC1NC(=O)CC(C)N(CCSC)C1=O. The summed E-state index contributed by atoms with van der Waals surface area (Å²) in [6, 6.07) is -0.324. The Morgan fingerprint density at radius 3 is 2.75 bits per heavy atom. The van der Waals surface area contributed by atoms with Gasteiger partial charge in [0.1, 0.15) is 6.04 Å². The second-order valence-electron chi connectivity index (χ2n) is 4.11. The molecule has 0 bridgehead atoms.